The number of hydrogen-bond donors (Lipinski definition) is 1. The number of carbonyl (C=O) groups excluding carboxylic acids is 1. The maximum atomic E-state index is 12.9. The van der Waals surface area contributed by atoms with Crippen LogP contribution in [-0.2, 0) is 10.0 Å². The lowest BCUT2D eigenvalue weighted by Crippen LogP contribution is -2.47. The summed E-state index contributed by atoms with van der Waals surface area (Å²) in [5.74, 6) is -0.199. The molecule has 1 aromatic rings. The van der Waals surface area contributed by atoms with E-state index in [1.807, 2.05) is 7.05 Å². The van der Waals surface area contributed by atoms with E-state index in [2.05, 4.69) is 22.2 Å². The van der Waals surface area contributed by atoms with Gasteiger partial charge in [0.1, 0.15) is 0 Å². The molecule has 2 heterocycles. The van der Waals surface area contributed by atoms with Crippen LogP contribution in [0, 0.1) is 0 Å². The van der Waals surface area contributed by atoms with Crippen molar-refractivity contribution in [2.45, 2.75) is 23.8 Å². The predicted molar refractivity (Wildman–Crippen MR) is 101 cm³/mol. The smallest absolute Gasteiger partial charge is 0.251 e. The highest BCUT2D eigenvalue weighted by atomic mass is 32.2. The molecule has 0 aliphatic carbocycles. The van der Waals surface area contributed by atoms with Crippen molar-refractivity contribution in [3.05, 3.63) is 29.8 Å². The van der Waals surface area contributed by atoms with E-state index >= 15 is 0 Å². The fraction of sp³-hybridized carbons (Fsp3) is 0.611. The Bertz CT molecular complexity index is 737. The third kappa shape index (κ3) is 4.43. The number of sulfonamides is 1. The zero-order valence-electron chi connectivity index (χ0n) is 15.5. The molecule has 0 unspecified atom stereocenters. The van der Waals surface area contributed by atoms with Crippen molar-refractivity contribution in [1.29, 1.82) is 0 Å². The quantitative estimate of drug-likeness (QED) is 0.821. The van der Waals surface area contributed by atoms with Crippen LogP contribution in [0.25, 0.3) is 0 Å². The zero-order chi connectivity index (χ0) is 18.7. The third-order valence-corrected chi connectivity index (χ3v) is 7.14. The maximum Gasteiger partial charge on any atom is 0.251 e. The van der Waals surface area contributed by atoms with E-state index in [1.165, 1.54) is 10.4 Å². The lowest BCUT2D eigenvalue weighted by molar-refractivity contribution is 0.0916. The standard InChI is InChI=1S/C18H28N4O3S/c1-20-8-6-16(7-9-20)19-18(23)15-4-3-5-17(14-15)26(24,25)22-12-10-21(2)11-13-22/h3-5,14,16H,6-13H2,1-2H3,(H,19,23). The molecule has 0 radical (unpaired) electrons. The minimum Gasteiger partial charge on any atom is -0.349 e. The molecule has 26 heavy (non-hydrogen) atoms. The lowest BCUT2D eigenvalue weighted by Gasteiger charge is -2.31. The van der Waals surface area contributed by atoms with Gasteiger partial charge >= 0.3 is 0 Å². The minimum absolute atomic E-state index is 0.150. The van der Waals surface area contributed by atoms with Crippen molar-refractivity contribution in [1.82, 2.24) is 19.4 Å². The van der Waals surface area contributed by atoms with Crippen molar-refractivity contribution in [3.8, 4) is 0 Å². The van der Waals surface area contributed by atoms with E-state index in [4.69, 9.17) is 0 Å². The van der Waals surface area contributed by atoms with Crippen LogP contribution in [0.4, 0.5) is 0 Å². The van der Waals surface area contributed by atoms with Crippen LogP contribution in [0.1, 0.15) is 23.2 Å². The van der Waals surface area contributed by atoms with Crippen LogP contribution in [0.5, 0.6) is 0 Å². The number of carbonyl (C=O) groups is 1. The van der Waals surface area contributed by atoms with Gasteiger partial charge in [0.2, 0.25) is 10.0 Å². The Labute approximate surface area is 156 Å². The average Bonchev–Trinajstić information content (AvgIpc) is 2.64. The number of piperidine rings is 1. The van der Waals surface area contributed by atoms with Gasteiger partial charge in [0.25, 0.3) is 5.91 Å². The average molecular weight is 381 g/mol. The van der Waals surface area contributed by atoms with E-state index in [-0.39, 0.29) is 16.8 Å². The molecule has 0 bridgehead atoms. The normalized spacial score (nSPS) is 21.6. The van der Waals surface area contributed by atoms with Crippen LogP contribution >= 0.6 is 0 Å². The fourth-order valence-electron chi connectivity index (χ4n) is 3.40. The van der Waals surface area contributed by atoms with Gasteiger partial charge < -0.3 is 15.1 Å². The molecule has 1 N–H and O–H groups in total. The number of nitrogens with zero attached hydrogens (tertiary/aromatic N) is 3. The summed E-state index contributed by atoms with van der Waals surface area (Å²) in [4.78, 5) is 17.1. The Hall–Kier alpha value is -1.48. The van der Waals surface area contributed by atoms with Crippen molar-refractivity contribution < 1.29 is 13.2 Å². The highest BCUT2D eigenvalue weighted by Crippen LogP contribution is 2.19. The summed E-state index contributed by atoms with van der Waals surface area (Å²) in [6.07, 6.45) is 1.84. The molecule has 2 aliphatic heterocycles. The molecule has 0 aromatic heterocycles. The molecular formula is C18H28N4O3S. The minimum atomic E-state index is -3.56. The predicted octanol–water partition coefficient (Wildman–Crippen LogP) is 0.447. The molecule has 1 aromatic carbocycles. The molecule has 2 saturated heterocycles. The molecule has 1 amide bonds. The lowest BCUT2D eigenvalue weighted by atomic mass is 10.0. The Balaban J connectivity index is 1.70. The Morgan fingerprint density at radius 3 is 2.27 bits per heavy atom. The van der Waals surface area contributed by atoms with Gasteiger partial charge in [0.15, 0.2) is 0 Å². The van der Waals surface area contributed by atoms with Gasteiger partial charge in [-0.05, 0) is 58.2 Å². The van der Waals surface area contributed by atoms with Gasteiger partial charge in [-0.2, -0.15) is 4.31 Å². The number of likely N-dealkylation sites (tertiary alicyclic amines) is 1. The SMILES string of the molecule is CN1CCC(NC(=O)c2cccc(S(=O)(=O)N3CCN(C)CC3)c2)CC1. The summed E-state index contributed by atoms with van der Waals surface area (Å²) < 4.78 is 27.2. The van der Waals surface area contributed by atoms with Crippen molar-refractivity contribution in [2.75, 3.05) is 53.4 Å². The Morgan fingerprint density at radius 1 is 1.00 bits per heavy atom. The molecule has 8 heteroatoms. The maximum absolute atomic E-state index is 12.9. The van der Waals surface area contributed by atoms with Crippen LogP contribution in [0.3, 0.4) is 0 Å². The van der Waals surface area contributed by atoms with E-state index in [9.17, 15) is 13.2 Å². The van der Waals surface area contributed by atoms with Gasteiger partial charge in [-0.3, -0.25) is 4.79 Å². The number of likely N-dealkylation sites (N-methyl/N-ethyl adjacent to an activating group) is 1. The summed E-state index contributed by atoms with van der Waals surface area (Å²) in [7, 11) is 0.496. The number of piperazine rings is 1. The first-order valence-corrected chi connectivity index (χ1v) is 10.6. The first-order valence-electron chi connectivity index (χ1n) is 9.14. The molecule has 2 aliphatic rings. The van der Waals surface area contributed by atoms with Crippen molar-refractivity contribution in [3.63, 3.8) is 0 Å². The fourth-order valence-corrected chi connectivity index (χ4v) is 4.87. The number of amides is 1. The Morgan fingerprint density at radius 2 is 1.62 bits per heavy atom. The van der Waals surface area contributed by atoms with Crippen LogP contribution in [0.15, 0.2) is 29.2 Å². The first-order chi connectivity index (χ1) is 12.4. The topological polar surface area (TPSA) is 73.0 Å². The summed E-state index contributed by atoms with van der Waals surface area (Å²) in [5.41, 5.74) is 0.402. The highest BCUT2D eigenvalue weighted by molar-refractivity contribution is 7.89. The Kier molecular flexibility index (Phi) is 5.96. The largest absolute Gasteiger partial charge is 0.349 e. The summed E-state index contributed by atoms with van der Waals surface area (Å²) in [6, 6.07) is 6.54. The summed E-state index contributed by atoms with van der Waals surface area (Å²) in [6.45, 7) is 4.31. The van der Waals surface area contributed by atoms with Crippen molar-refractivity contribution in [2.24, 2.45) is 0 Å². The van der Waals surface area contributed by atoms with Gasteiger partial charge in [-0.1, -0.05) is 6.07 Å². The second-order valence-electron chi connectivity index (χ2n) is 7.29. The second kappa shape index (κ2) is 8.04. The monoisotopic (exact) mass is 380 g/mol. The molecular weight excluding hydrogens is 352 g/mol. The van der Waals surface area contributed by atoms with Gasteiger partial charge in [0.05, 0.1) is 4.90 Å². The highest BCUT2D eigenvalue weighted by Gasteiger charge is 2.28. The van der Waals surface area contributed by atoms with E-state index < -0.39 is 10.0 Å². The van der Waals surface area contributed by atoms with Crippen molar-refractivity contribution >= 4 is 15.9 Å². The van der Waals surface area contributed by atoms with E-state index in [1.54, 1.807) is 18.2 Å². The number of rotatable bonds is 4. The number of nitrogens with one attached hydrogen (secondary N) is 1. The zero-order valence-corrected chi connectivity index (χ0v) is 16.3. The van der Waals surface area contributed by atoms with Crippen LogP contribution < -0.4 is 5.32 Å². The van der Waals surface area contributed by atoms with Gasteiger partial charge in [-0.15, -0.1) is 0 Å². The van der Waals surface area contributed by atoms with Gasteiger partial charge in [0, 0.05) is 37.8 Å². The van der Waals surface area contributed by atoms with Gasteiger partial charge in [-0.25, -0.2) is 8.42 Å². The van der Waals surface area contributed by atoms with Crippen LogP contribution in [0.2, 0.25) is 0 Å². The van der Waals surface area contributed by atoms with Crippen LogP contribution in [-0.4, -0.2) is 87.8 Å². The molecule has 0 saturated carbocycles. The van der Waals surface area contributed by atoms with E-state index in [0.29, 0.717) is 18.7 Å². The molecule has 2 fully saturated rings. The molecule has 7 nitrogen and oxygen atoms in total. The number of benzene rings is 1. The van der Waals surface area contributed by atoms with E-state index in [0.717, 1.165) is 39.0 Å². The second-order valence-corrected chi connectivity index (χ2v) is 9.22. The first kappa shape index (κ1) is 19.3. The molecule has 3 rings (SSSR count). The number of hydrogen-bond acceptors (Lipinski definition) is 5. The third-order valence-electron chi connectivity index (χ3n) is 5.25. The molecule has 0 spiro atoms. The molecule has 144 valence electrons. The summed E-state index contributed by atoms with van der Waals surface area (Å²) in [5, 5.41) is 3.04. The molecule has 0 atom stereocenters. The summed E-state index contributed by atoms with van der Waals surface area (Å²) >= 11 is 0.